The van der Waals surface area contributed by atoms with E-state index in [9.17, 15) is 5.26 Å². The molecule has 0 N–H and O–H groups in total. The summed E-state index contributed by atoms with van der Waals surface area (Å²) in [5.41, 5.74) is 7.62. The molecule has 2 heterocycles. The van der Waals surface area contributed by atoms with E-state index in [1.807, 2.05) is 60.1 Å². The summed E-state index contributed by atoms with van der Waals surface area (Å²) in [6.45, 7) is 4.18. The van der Waals surface area contributed by atoms with E-state index in [0.29, 0.717) is 5.56 Å². The fraction of sp³-hybridized carbons (Fsp3) is 0.115. The molecule has 0 aliphatic carbocycles. The molecule has 0 atom stereocenters. The Morgan fingerprint density at radius 1 is 0.867 bits per heavy atom. The maximum absolute atomic E-state index is 9.77. The first kappa shape index (κ1) is 18.1. The lowest BCUT2D eigenvalue weighted by Crippen LogP contribution is -2.36. The van der Waals surface area contributed by atoms with E-state index in [1.165, 1.54) is 0 Å². The topological polar surface area (TPSA) is 44.7 Å². The lowest BCUT2D eigenvalue weighted by Gasteiger charge is -2.09. The number of hydrogen-bond donors (Lipinski definition) is 0. The van der Waals surface area contributed by atoms with E-state index < -0.39 is 0 Å². The van der Waals surface area contributed by atoms with E-state index in [4.69, 9.17) is 4.42 Å². The standard InChI is InChI=1S/C26H21N3O/c1-17-12-13-20-8-4-5-9-22(20)29(17)24-15-19(16-27)14-21(18(24)2)26-28(3)23-10-6-7-11-25(23)30-26/h4-15H,1-3H3/q+2. The van der Waals surface area contributed by atoms with Gasteiger partial charge in [-0.3, -0.25) is 0 Å². The molecular formula is C26H21N3O+2. The lowest BCUT2D eigenvalue weighted by molar-refractivity contribution is -0.637. The van der Waals surface area contributed by atoms with Gasteiger partial charge in [0.25, 0.3) is 5.52 Å². The highest BCUT2D eigenvalue weighted by Crippen LogP contribution is 2.29. The third-order valence-corrected chi connectivity index (χ3v) is 5.75. The van der Waals surface area contributed by atoms with Gasteiger partial charge in [0.1, 0.15) is 7.05 Å². The number of benzene rings is 3. The Balaban J connectivity index is 1.86. The first-order valence-corrected chi connectivity index (χ1v) is 9.92. The fourth-order valence-corrected chi connectivity index (χ4v) is 4.18. The molecule has 0 bridgehead atoms. The minimum atomic E-state index is 0.603. The monoisotopic (exact) mass is 391 g/mol. The third-order valence-electron chi connectivity index (χ3n) is 5.75. The Hall–Kier alpha value is -3.97. The number of aromatic nitrogens is 2. The van der Waals surface area contributed by atoms with Crippen LogP contribution in [0.4, 0.5) is 0 Å². The molecule has 3 aromatic carbocycles. The largest absolute Gasteiger partial charge is 0.398 e. The van der Waals surface area contributed by atoms with Crippen LogP contribution in [0, 0.1) is 25.2 Å². The van der Waals surface area contributed by atoms with Crippen molar-refractivity contribution >= 4 is 22.0 Å². The SMILES string of the molecule is Cc1c(-c2oc3ccccc3[n+]2C)cc(C#N)cc1-[n+]1c(C)ccc2ccccc21. The summed E-state index contributed by atoms with van der Waals surface area (Å²) in [6, 6.07) is 26.7. The predicted octanol–water partition coefficient (Wildman–Crippen LogP) is 4.84. The molecule has 0 saturated carbocycles. The summed E-state index contributed by atoms with van der Waals surface area (Å²) in [7, 11) is 2.00. The van der Waals surface area contributed by atoms with Gasteiger partial charge in [0, 0.05) is 42.1 Å². The molecule has 0 saturated heterocycles. The van der Waals surface area contributed by atoms with Gasteiger partial charge in [-0.05, 0) is 31.2 Å². The molecule has 0 aliphatic rings. The molecule has 2 aromatic heterocycles. The summed E-state index contributed by atoms with van der Waals surface area (Å²) in [5.74, 6) is 0.741. The number of hydrogen-bond acceptors (Lipinski definition) is 2. The molecule has 5 aromatic rings. The van der Waals surface area contributed by atoms with Crippen molar-refractivity contribution in [1.82, 2.24) is 0 Å². The maximum atomic E-state index is 9.77. The van der Waals surface area contributed by atoms with E-state index in [-0.39, 0.29) is 0 Å². The first-order valence-electron chi connectivity index (χ1n) is 9.92. The van der Waals surface area contributed by atoms with Gasteiger partial charge in [0.2, 0.25) is 16.8 Å². The second-order valence-electron chi connectivity index (χ2n) is 7.58. The van der Waals surface area contributed by atoms with Gasteiger partial charge in [0.05, 0.1) is 17.2 Å². The molecule has 0 fully saturated rings. The summed E-state index contributed by atoms with van der Waals surface area (Å²) < 4.78 is 10.5. The highest BCUT2D eigenvalue weighted by Gasteiger charge is 2.28. The van der Waals surface area contributed by atoms with Crippen molar-refractivity contribution in [2.24, 2.45) is 7.05 Å². The second kappa shape index (κ2) is 6.82. The number of oxazole rings is 1. The first-order chi connectivity index (χ1) is 14.6. The van der Waals surface area contributed by atoms with Crippen LogP contribution in [-0.4, -0.2) is 0 Å². The van der Waals surface area contributed by atoms with E-state index in [1.54, 1.807) is 0 Å². The number of pyridine rings is 1. The Labute approximate surface area is 174 Å². The number of nitrogens with zero attached hydrogens (tertiary/aromatic N) is 3. The third kappa shape index (κ3) is 2.67. The van der Waals surface area contributed by atoms with Crippen LogP contribution in [0.15, 0.2) is 77.2 Å². The Bertz CT molecular complexity index is 1490. The van der Waals surface area contributed by atoms with E-state index in [0.717, 1.165) is 50.4 Å². The van der Waals surface area contributed by atoms with Gasteiger partial charge in [-0.2, -0.15) is 14.4 Å². The lowest BCUT2D eigenvalue weighted by atomic mass is 10.0. The van der Waals surface area contributed by atoms with Gasteiger partial charge in [0.15, 0.2) is 5.69 Å². The van der Waals surface area contributed by atoms with Crippen LogP contribution in [0.2, 0.25) is 0 Å². The zero-order valence-corrected chi connectivity index (χ0v) is 17.2. The predicted molar refractivity (Wildman–Crippen MR) is 116 cm³/mol. The van der Waals surface area contributed by atoms with Crippen LogP contribution in [0.3, 0.4) is 0 Å². The van der Waals surface area contributed by atoms with Crippen molar-refractivity contribution < 1.29 is 13.6 Å². The van der Waals surface area contributed by atoms with Crippen LogP contribution in [0.5, 0.6) is 0 Å². The number of aryl methyl sites for hydroxylation is 2. The summed E-state index contributed by atoms with van der Waals surface area (Å²) in [4.78, 5) is 0. The van der Waals surface area contributed by atoms with Crippen LogP contribution in [0.25, 0.3) is 39.1 Å². The van der Waals surface area contributed by atoms with Gasteiger partial charge in [-0.25, -0.2) is 0 Å². The van der Waals surface area contributed by atoms with Gasteiger partial charge >= 0.3 is 5.89 Å². The zero-order valence-electron chi connectivity index (χ0n) is 17.2. The molecule has 0 spiro atoms. The molecule has 5 rings (SSSR count). The van der Waals surface area contributed by atoms with E-state index >= 15 is 0 Å². The fourth-order valence-electron chi connectivity index (χ4n) is 4.18. The minimum absolute atomic E-state index is 0.603. The molecule has 0 radical (unpaired) electrons. The van der Waals surface area contributed by atoms with Crippen molar-refractivity contribution in [1.29, 1.82) is 5.26 Å². The molecule has 144 valence electrons. The highest BCUT2D eigenvalue weighted by molar-refractivity contribution is 5.77. The van der Waals surface area contributed by atoms with Crippen LogP contribution in [-0.2, 0) is 7.05 Å². The average Bonchev–Trinajstić information content (AvgIpc) is 3.11. The molecule has 4 heteroatoms. The van der Waals surface area contributed by atoms with Crippen molar-refractivity contribution in [2.45, 2.75) is 13.8 Å². The normalized spacial score (nSPS) is 11.1. The Kier molecular flexibility index (Phi) is 4.11. The summed E-state index contributed by atoms with van der Waals surface area (Å²) in [6.07, 6.45) is 0. The van der Waals surface area contributed by atoms with Crippen LogP contribution < -0.4 is 9.13 Å². The van der Waals surface area contributed by atoms with Crippen molar-refractivity contribution in [3.8, 4) is 23.2 Å². The minimum Gasteiger partial charge on any atom is -0.398 e. The average molecular weight is 391 g/mol. The van der Waals surface area contributed by atoms with Crippen molar-refractivity contribution in [3.05, 3.63) is 89.6 Å². The van der Waals surface area contributed by atoms with Gasteiger partial charge in [-0.1, -0.05) is 24.3 Å². The number of nitriles is 1. The summed E-state index contributed by atoms with van der Waals surface area (Å²) >= 11 is 0. The molecule has 0 amide bonds. The number of fused-ring (bicyclic) bond motifs is 2. The highest BCUT2D eigenvalue weighted by atomic mass is 16.4. The van der Waals surface area contributed by atoms with E-state index in [2.05, 4.69) is 48.7 Å². The Morgan fingerprint density at radius 3 is 2.37 bits per heavy atom. The van der Waals surface area contributed by atoms with Crippen molar-refractivity contribution in [3.63, 3.8) is 0 Å². The molecular weight excluding hydrogens is 370 g/mol. The molecule has 30 heavy (non-hydrogen) atoms. The maximum Gasteiger partial charge on any atom is 0.381 e. The molecule has 0 aliphatic heterocycles. The molecule has 4 nitrogen and oxygen atoms in total. The van der Waals surface area contributed by atoms with Gasteiger partial charge < -0.3 is 4.42 Å². The van der Waals surface area contributed by atoms with Crippen molar-refractivity contribution in [2.75, 3.05) is 0 Å². The van der Waals surface area contributed by atoms with Gasteiger partial charge in [-0.15, -0.1) is 0 Å². The Morgan fingerprint density at radius 2 is 1.60 bits per heavy atom. The smallest absolute Gasteiger partial charge is 0.381 e. The number of rotatable bonds is 2. The zero-order chi connectivity index (χ0) is 20.8. The molecule has 0 unspecified atom stereocenters. The quantitative estimate of drug-likeness (QED) is 0.404. The van der Waals surface area contributed by atoms with Crippen LogP contribution in [0.1, 0.15) is 16.8 Å². The van der Waals surface area contributed by atoms with Crippen LogP contribution >= 0.6 is 0 Å². The number of para-hydroxylation sites is 3. The summed E-state index contributed by atoms with van der Waals surface area (Å²) in [5, 5.41) is 10.9. The second-order valence-corrected chi connectivity index (χ2v) is 7.58.